The van der Waals surface area contributed by atoms with Crippen molar-refractivity contribution in [3.05, 3.63) is 63.9 Å². The summed E-state index contributed by atoms with van der Waals surface area (Å²) in [6, 6.07) is 12.5. The van der Waals surface area contributed by atoms with Gasteiger partial charge in [0.25, 0.3) is 5.91 Å². The first-order chi connectivity index (χ1) is 9.10. The van der Waals surface area contributed by atoms with Crippen molar-refractivity contribution in [2.75, 3.05) is 5.32 Å². The zero-order chi connectivity index (χ0) is 13.8. The molecule has 2 rings (SSSR count). The molecule has 0 saturated carbocycles. The maximum absolute atomic E-state index is 13.6. The molecule has 2 aromatic carbocycles. The fourth-order valence-electron chi connectivity index (χ4n) is 1.53. The van der Waals surface area contributed by atoms with Gasteiger partial charge in [-0.15, -0.1) is 0 Å². The topological polar surface area (TPSA) is 52.9 Å². The van der Waals surface area contributed by atoms with Crippen LogP contribution in [-0.2, 0) is 0 Å². The summed E-state index contributed by atoms with van der Waals surface area (Å²) in [5, 5.41) is 11.2. The SMILES string of the molecule is N#Cc1ccc(C(=O)Nc2cccc(Br)c2)c(F)c1. The number of hydrogen-bond donors (Lipinski definition) is 1. The van der Waals surface area contributed by atoms with E-state index in [1.165, 1.54) is 12.1 Å². The first-order valence-electron chi connectivity index (χ1n) is 5.37. The zero-order valence-electron chi connectivity index (χ0n) is 9.65. The van der Waals surface area contributed by atoms with Gasteiger partial charge in [-0.3, -0.25) is 4.79 Å². The van der Waals surface area contributed by atoms with Gasteiger partial charge >= 0.3 is 0 Å². The molecule has 0 atom stereocenters. The average Bonchev–Trinajstić information content (AvgIpc) is 2.38. The number of nitrogens with one attached hydrogen (secondary N) is 1. The number of carbonyl (C=O) groups excluding carboxylic acids is 1. The molecule has 0 heterocycles. The molecule has 19 heavy (non-hydrogen) atoms. The number of anilines is 1. The van der Waals surface area contributed by atoms with Crippen LogP contribution in [0.5, 0.6) is 0 Å². The van der Waals surface area contributed by atoms with Crippen LogP contribution in [0.15, 0.2) is 46.9 Å². The van der Waals surface area contributed by atoms with E-state index < -0.39 is 11.7 Å². The molecule has 0 radical (unpaired) electrons. The van der Waals surface area contributed by atoms with Gasteiger partial charge in [0.2, 0.25) is 0 Å². The van der Waals surface area contributed by atoms with Crippen LogP contribution < -0.4 is 5.32 Å². The molecule has 2 aromatic rings. The van der Waals surface area contributed by atoms with Crippen molar-refractivity contribution in [1.82, 2.24) is 0 Å². The molecule has 0 aromatic heterocycles. The number of carbonyl (C=O) groups is 1. The summed E-state index contributed by atoms with van der Waals surface area (Å²) < 4.78 is 14.5. The molecule has 0 aliphatic heterocycles. The fraction of sp³-hybridized carbons (Fsp3) is 0. The normalized spacial score (nSPS) is 9.74. The van der Waals surface area contributed by atoms with E-state index in [2.05, 4.69) is 21.2 Å². The quantitative estimate of drug-likeness (QED) is 0.917. The Hall–Kier alpha value is -2.19. The van der Waals surface area contributed by atoms with Crippen molar-refractivity contribution in [2.45, 2.75) is 0 Å². The Morgan fingerprint density at radius 2 is 2.05 bits per heavy atom. The standard InChI is InChI=1S/C14H8BrFN2O/c15-10-2-1-3-11(7-10)18-14(19)12-5-4-9(8-17)6-13(12)16/h1-7H,(H,18,19). The molecule has 94 valence electrons. The van der Waals surface area contributed by atoms with Crippen LogP contribution >= 0.6 is 15.9 Å². The Balaban J connectivity index is 2.23. The number of halogens is 2. The predicted molar refractivity (Wildman–Crippen MR) is 73.2 cm³/mol. The second-order valence-electron chi connectivity index (χ2n) is 3.77. The highest BCUT2D eigenvalue weighted by Crippen LogP contribution is 2.17. The van der Waals surface area contributed by atoms with Gasteiger partial charge in [-0.05, 0) is 36.4 Å². The molecule has 0 saturated heterocycles. The lowest BCUT2D eigenvalue weighted by Crippen LogP contribution is -2.13. The lowest BCUT2D eigenvalue weighted by molar-refractivity contribution is 0.102. The molecular formula is C14H8BrFN2O. The molecule has 1 amide bonds. The minimum Gasteiger partial charge on any atom is -0.322 e. The van der Waals surface area contributed by atoms with Crippen molar-refractivity contribution in [1.29, 1.82) is 5.26 Å². The van der Waals surface area contributed by atoms with Crippen LogP contribution in [0.25, 0.3) is 0 Å². The molecule has 0 aliphatic rings. The number of benzene rings is 2. The first kappa shape index (κ1) is 13.2. The van der Waals surface area contributed by atoms with E-state index >= 15 is 0 Å². The van der Waals surface area contributed by atoms with Gasteiger partial charge in [0, 0.05) is 10.2 Å². The second kappa shape index (κ2) is 5.63. The van der Waals surface area contributed by atoms with Gasteiger partial charge in [-0.1, -0.05) is 22.0 Å². The zero-order valence-corrected chi connectivity index (χ0v) is 11.2. The van der Waals surface area contributed by atoms with E-state index in [1.54, 1.807) is 18.2 Å². The van der Waals surface area contributed by atoms with Crippen molar-refractivity contribution in [3.8, 4) is 6.07 Å². The molecule has 0 spiro atoms. The minimum atomic E-state index is -0.716. The van der Waals surface area contributed by atoms with Gasteiger partial charge < -0.3 is 5.32 Å². The Morgan fingerprint density at radius 3 is 2.68 bits per heavy atom. The van der Waals surface area contributed by atoms with Gasteiger partial charge in [0.15, 0.2) is 0 Å². The minimum absolute atomic E-state index is 0.0982. The monoisotopic (exact) mass is 318 g/mol. The Labute approximate surface area is 117 Å². The van der Waals surface area contributed by atoms with Gasteiger partial charge in [0.1, 0.15) is 5.82 Å². The number of amides is 1. The molecule has 0 unspecified atom stereocenters. The van der Waals surface area contributed by atoms with Crippen LogP contribution in [0, 0.1) is 17.1 Å². The van der Waals surface area contributed by atoms with E-state index in [1.807, 2.05) is 12.1 Å². The third-order valence-corrected chi connectivity index (χ3v) is 2.92. The van der Waals surface area contributed by atoms with Gasteiger partial charge in [0.05, 0.1) is 17.2 Å². The van der Waals surface area contributed by atoms with Crippen molar-refractivity contribution in [3.63, 3.8) is 0 Å². The van der Waals surface area contributed by atoms with Crippen molar-refractivity contribution in [2.24, 2.45) is 0 Å². The largest absolute Gasteiger partial charge is 0.322 e. The summed E-state index contributed by atoms with van der Waals surface area (Å²) >= 11 is 3.28. The molecule has 3 nitrogen and oxygen atoms in total. The smallest absolute Gasteiger partial charge is 0.258 e. The van der Waals surface area contributed by atoms with Crippen molar-refractivity contribution >= 4 is 27.5 Å². The first-order valence-corrected chi connectivity index (χ1v) is 6.16. The van der Waals surface area contributed by atoms with Crippen LogP contribution in [0.3, 0.4) is 0 Å². The Morgan fingerprint density at radius 1 is 1.26 bits per heavy atom. The molecule has 5 heteroatoms. The molecular weight excluding hydrogens is 311 g/mol. The number of nitriles is 1. The highest BCUT2D eigenvalue weighted by molar-refractivity contribution is 9.10. The molecule has 0 aliphatic carbocycles. The second-order valence-corrected chi connectivity index (χ2v) is 4.69. The maximum Gasteiger partial charge on any atom is 0.258 e. The lowest BCUT2D eigenvalue weighted by Gasteiger charge is -2.06. The van der Waals surface area contributed by atoms with E-state index in [9.17, 15) is 9.18 Å². The van der Waals surface area contributed by atoms with Crippen LogP contribution in [0.1, 0.15) is 15.9 Å². The highest BCUT2D eigenvalue weighted by Gasteiger charge is 2.12. The Kier molecular flexibility index (Phi) is 3.93. The van der Waals surface area contributed by atoms with Crippen LogP contribution in [-0.4, -0.2) is 5.91 Å². The van der Waals surface area contributed by atoms with Crippen LogP contribution in [0.2, 0.25) is 0 Å². The van der Waals surface area contributed by atoms with E-state index in [-0.39, 0.29) is 11.1 Å². The lowest BCUT2D eigenvalue weighted by atomic mass is 10.1. The molecule has 1 N–H and O–H groups in total. The summed E-state index contributed by atoms with van der Waals surface area (Å²) in [5.41, 5.74) is 0.638. The van der Waals surface area contributed by atoms with Crippen LogP contribution in [0.4, 0.5) is 10.1 Å². The average molecular weight is 319 g/mol. The van der Waals surface area contributed by atoms with Gasteiger partial charge in [-0.2, -0.15) is 5.26 Å². The van der Waals surface area contributed by atoms with Crippen molar-refractivity contribution < 1.29 is 9.18 Å². The number of nitrogens with zero attached hydrogens (tertiary/aromatic N) is 1. The molecule has 0 fully saturated rings. The number of rotatable bonds is 2. The van der Waals surface area contributed by atoms with E-state index in [0.29, 0.717) is 5.69 Å². The summed E-state index contributed by atoms with van der Waals surface area (Å²) in [5.74, 6) is -1.27. The summed E-state index contributed by atoms with van der Waals surface area (Å²) in [6.45, 7) is 0. The fourth-order valence-corrected chi connectivity index (χ4v) is 1.93. The predicted octanol–water partition coefficient (Wildman–Crippen LogP) is 3.71. The molecule has 0 bridgehead atoms. The summed E-state index contributed by atoms with van der Waals surface area (Å²) in [6.07, 6.45) is 0. The maximum atomic E-state index is 13.6. The highest BCUT2D eigenvalue weighted by atomic mass is 79.9. The third-order valence-electron chi connectivity index (χ3n) is 2.43. The summed E-state index contributed by atoms with van der Waals surface area (Å²) in [4.78, 5) is 11.9. The third kappa shape index (κ3) is 3.18. The Bertz CT molecular complexity index is 679. The number of hydrogen-bond acceptors (Lipinski definition) is 2. The summed E-state index contributed by atoms with van der Waals surface area (Å²) in [7, 11) is 0. The van der Waals surface area contributed by atoms with Gasteiger partial charge in [-0.25, -0.2) is 4.39 Å². The van der Waals surface area contributed by atoms with E-state index in [4.69, 9.17) is 5.26 Å². The van der Waals surface area contributed by atoms with E-state index in [0.717, 1.165) is 10.5 Å².